The maximum Gasteiger partial charge on any atom is 0.387 e. The fourth-order valence-electron chi connectivity index (χ4n) is 2.41. The second kappa shape index (κ2) is 13.0. The molecular weight excluding hydrogens is 363 g/mol. The number of unbranched alkanes of at least 4 members (excludes halogenated alkanes) is 8. The Bertz CT molecular complexity index is 546. The van der Waals surface area contributed by atoms with E-state index in [-0.39, 0.29) is 22.0 Å². The van der Waals surface area contributed by atoms with Gasteiger partial charge >= 0.3 is 11.9 Å². The van der Waals surface area contributed by atoms with Gasteiger partial charge in [-0.1, -0.05) is 87.6 Å². The van der Waals surface area contributed by atoms with E-state index < -0.39 is 11.9 Å². The van der Waals surface area contributed by atoms with E-state index in [0.717, 1.165) is 19.3 Å². The first kappa shape index (κ1) is 21.8. The molecule has 0 saturated carbocycles. The van der Waals surface area contributed by atoms with Crippen LogP contribution in [0.15, 0.2) is 18.2 Å². The maximum atomic E-state index is 11.8. The zero-order chi connectivity index (χ0) is 18.5. The number of halogens is 2. The molecule has 25 heavy (non-hydrogen) atoms. The Morgan fingerprint density at radius 1 is 0.880 bits per heavy atom. The summed E-state index contributed by atoms with van der Waals surface area (Å²) in [4.78, 5) is 32.4. The third kappa shape index (κ3) is 9.13. The molecule has 0 aliphatic heterocycles. The van der Waals surface area contributed by atoms with E-state index in [2.05, 4.69) is 16.7 Å². The van der Waals surface area contributed by atoms with Crippen LogP contribution >= 0.6 is 23.2 Å². The van der Waals surface area contributed by atoms with Gasteiger partial charge in [0.1, 0.15) is 0 Å². The molecule has 0 atom stereocenters. The summed E-state index contributed by atoms with van der Waals surface area (Å²) >= 11 is 11.7. The Morgan fingerprint density at radius 2 is 1.48 bits per heavy atom. The molecule has 140 valence electrons. The van der Waals surface area contributed by atoms with Crippen molar-refractivity contribution in [1.29, 1.82) is 0 Å². The van der Waals surface area contributed by atoms with Gasteiger partial charge in [-0.2, -0.15) is 0 Å². The van der Waals surface area contributed by atoms with Gasteiger partial charge in [0.2, 0.25) is 0 Å². The molecule has 0 aliphatic carbocycles. The SMILES string of the molecule is CCCCCCCCCCCC(=O)OOC(=O)c1cccc(Cl)c1Cl. The molecule has 0 bridgehead atoms. The van der Waals surface area contributed by atoms with E-state index in [0.29, 0.717) is 0 Å². The molecule has 0 fully saturated rings. The van der Waals surface area contributed by atoms with Gasteiger partial charge in [-0.3, -0.25) is 0 Å². The third-order valence-corrected chi connectivity index (χ3v) is 4.69. The minimum absolute atomic E-state index is 0.0602. The van der Waals surface area contributed by atoms with Crippen LogP contribution in [-0.2, 0) is 14.6 Å². The lowest BCUT2D eigenvalue weighted by atomic mass is 10.1. The molecule has 4 nitrogen and oxygen atoms in total. The fraction of sp³-hybridized carbons (Fsp3) is 0.579. The third-order valence-electron chi connectivity index (χ3n) is 3.87. The number of hydrogen-bond acceptors (Lipinski definition) is 4. The predicted octanol–water partition coefficient (Wildman–Crippen LogP) is 6.53. The normalized spacial score (nSPS) is 10.5. The van der Waals surface area contributed by atoms with E-state index in [1.165, 1.54) is 44.6 Å². The van der Waals surface area contributed by atoms with Crippen molar-refractivity contribution in [3.63, 3.8) is 0 Å². The van der Waals surface area contributed by atoms with Crippen molar-refractivity contribution in [2.45, 2.75) is 71.1 Å². The first-order chi connectivity index (χ1) is 12.1. The highest BCUT2D eigenvalue weighted by Crippen LogP contribution is 2.26. The van der Waals surface area contributed by atoms with Gasteiger partial charge in [-0.25, -0.2) is 19.4 Å². The van der Waals surface area contributed by atoms with Gasteiger partial charge in [0, 0.05) is 0 Å². The molecule has 0 saturated heterocycles. The van der Waals surface area contributed by atoms with Crippen molar-refractivity contribution in [3.8, 4) is 0 Å². The van der Waals surface area contributed by atoms with Gasteiger partial charge in [0.25, 0.3) is 0 Å². The van der Waals surface area contributed by atoms with Gasteiger partial charge in [0.15, 0.2) is 0 Å². The molecule has 1 rings (SSSR count). The predicted molar refractivity (Wildman–Crippen MR) is 99.8 cm³/mol. The Balaban J connectivity index is 2.11. The quantitative estimate of drug-likeness (QED) is 0.245. The molecule has 0 unspecified atom stereocenters. The lowest BCUT2D eigenvalue weighted by Gasteiger charge is -2.05. The number of rotatable bonds is 11. The number of carbonyl (C=O) groups is 2. The van der Waals surface area contributed by atoms with Gasteiger partial charge in [-0.15, -0.1) is 0 Å². The van der Waals surface area contributed by atoms with E-state index in [4.69, 9.17) is 23.2 Å². The zero-order valence-electron chi connectivity index (χ0n) is 14.7. The smallest absolute Gasteiger partial charge is 0.247 e. The second-order valence-corrected chi connectivity index (χ2v) is 6.79. The highest BCUT2D eigenvalue weighted by Gasteiger charge is 2.17. The van der Waals surface area contributed by atoms with Crippen LogP contribution < -0.4 is 0 Å². The first-order valence-corrected chi connectivity index (χ1v) is 9.67. The van der Waals surface area contributed by atoms with Crippen molar-refractivity contribution < 1.29 is 19.4 Å². The van der Waals surface area contributed by atoms with Crippen LogP contribution in [0.3, 0.4) is 0 Å². The Hall–Kier alpha value is -1.26. The summed E-state index contributed by atoms with van der Waals surface area (Å²) in [7, 11) is 0. The van der Waals surface area contributed by atoms with Gasteiger partial charge < -0.3 is 0 Å². The minimum atomic E-state index is -0.840. The second-order valence-electron chi connectivity index (χ2n) is 6.01. The summed E-state index contributed by atoms with van der Waals surface area (Å²) in [5.41, 5.74) is 0.0602. The van der Waals surface area contributed by atoms with Crippen LogP contribution in [0.2, 0.25) is 10.0 Å². The minimum Gasteiger partial charge on any atom is -0.247 e. The average Bonchev–Trinajstić information content (AvgIpc) is 2.60. The van der Waals surface area contributed by atoms with Crippen LogP contribution in [0.1, 0.15) is 81.5 Å². The molecule has 0 radical (unpaired) electrons. The number of carbonyl (C=O) groups excluding carboxylic acids is 2. The Morgan fingerprint density at radius 3 is 2.12 bits per heavy atom. The van der Waals surface area contributed by atoms with Crippen LogP contribution in [0, 0.1) is 0 Å². The van der Waals surface area contributed by atoms with E-state index in [9.17, 15) is 9.59 Å². The molecule has 0 N–H and O–H groups in total. The molecule has 6 heteroatoms. The van der Waals surface area contributed by atoms with Crippen LogP contribution in [0.4, 0.5) is 0 Å². The molecule has 1 aromatic rings. The monoisotopic (exact) mass is 388 g/mol. The highest BCUT2D eigenvalue weighted by molar-refractivity contribution is 6.43. The summed E-state index contributed by atoms with van der Waals surface area (Å²) in [5, 5.41) is 0.307. The average molecular weight is 389 g/mol. The van der Waals surface area contributed by atoms with Crippen molar-refractivity contribution in [3.05, 3.63) is 33.8 Å². The molecule has 0 amide bonds. The molecule has 0 heterocycles. The lowest BCUT2D eigenvalue weighted by molar-refractivity contribution is -0.234. The summed E-state index contributed by atoms with van der Waals surface area (Å²) in [6, 6.07) is 4.57. The topological polar surface area (TPSA) is 52.6 Å². The van der Waals surface area contributed by atoms with Crippen molar-refractivity contribution in [1.82, 2.24) is 0 Å². The lowest BCUT2D eigenvalue weighted by Crippen LogP contribution is -2.12. The number of hydrogen-bond donors (Lipinski definition) is 0. The van der Waals surface area contributed by atoms with Gasteiger partial charge in [-0.05, 0) is 18.6 Å². The summed E-state index contributed by atoms with van der Waals surface area (Å²) in [5.74, 6) is -1.40. The van der Waals surface area contributed by atoms with Crippen LogP contribution in [0.25, 0.3) is 0 Å². The van der Waals surface area contributed by atoms with Crippen molar-refractivity contribution in [2.75, 3.05) is 0 Å². The Labute approximate surface area is 159 Å². The number of benzene rings is 1. The fourth-order valence-corrected chi connectivity index (χ4v) is 2.79. The maximum absolute atomic E-state index is 11.8. The molecule has 0 spiro atoms. The van der Waals surface area contributed by atoms with Crippen LogP contribution in [0.5, 0.6) is 0 Å². The molecule has 0 aromatic heterocycles. The largest absolute Gasteiger partial charge is 0.387 e. The molecule has 1 aromatic carbocycles. The zero-order valence-corrected chi connectivity index (χ0v) is 16.2. The van der Waals surface area contributed by atoms with E-state index >= 15 is 0 Å². The first-order valence-electron chi connectivity index (χ1n) is 8.92. The molecular formula is C19H26Cl2O4. The Kier molecular flexibility index (Phi) is 11.3. The van der Waals surface area contributed by atoms with Crippen molar-refractivity contribution >= 4 is 35.1 Å². The van der Waals surface area contributed by atoms with Gasteiger partial charge in [0.05, 0.1) is 22.0 Å². The summed E-state index contributed by atoms with van der Waals surface area (Å²) < 4.78 is 0. The summed E-state index contributed by atoms with van der Waals surface area (Å²) in [6.07, 6.45) is 10.7. The highest BCUT2D eigenvalue weighted by atomic mass is 35.5. The van der Waals surface area contributed by atoms with E-state index in [1.54, 1.807) is 12.1 Å². The standard InChI is InChI=1S/C19H26Cl2O4/c1-2-3-4-5-6-7-8-9-10-14-17(22)24-25-19(23)15-12-11-13-16(20)18(15)21/h11-13H,2-10,14H2,1H3. The summed E-state index contributed by atoms with van der Waals surface area (Å²) in [6.45, 7) is 2.21. The van der Waals surface area contributed by atoms with Crippen LogP contribution in [-0.4, -0.2) is 11.9 Å². The van der Waals surface area contributed by atoms with Crippen molar-refractivity contribution in [2.24, 2.45) is 0 Å². The molecule has 0 aliphatic rings. The van der Waals surface area contributed by atoms with E-state index in [1.807, 2.05) is 0 Å².